The van der Waals surface area contributed by atoms with Gasteiger partial charge in [0, 0.05) is 6.61 Å². The summed E-state index contributed by atoms with van der Waals surface area (Å²) in [7, 11) is 0. The predicted molar refractivity (Wildman–Crippen MR) is 85.6 cm³/mol. The van der Waals surface area contributed by atoms with E-state index in [1.807, 2.05) is 12.1 Å². The third-order valence-electron chi connectivity index (χ3n) is 3.28. The lowest BCUT2D eigenvalue weighted by Gasteiger charge is -2.08. The molecule has 0 aliphatic rings. The summed E-state index contributed by atoms with van der Waals surface area (Å²) in [4.78, 5) is 11.9. The van der Waals surface area contributed by atoms with E-state index in [1.54, 1.807) is 6.07 Å². The summed E-state index contributed by atoms with van der Waals surface area (Å²) < 4.78 is 10.7. The number of esters is 1. The lowest BCUT2D eigenvalue weighted by molar-refractivity contribution is 0.0303. The number of hydrogen-bond acceptors (Lipinski definition) is 3. The summed E-state index contributed by atoms with van der Waals surface area (Å²) >= 11 is 0. The van der Waals surface area contributed by atoms with Crippen LogP contribution in [0.25, 0.3) is 0 Å². The molecule has 0 saturated carbocycles. The molecule has 0 radical (unpaired) electrons. The number of unbranched alkanes of at least 4 members (excludes halogenated alkanes) is 1. The summed E-state index contributed by atoms with van der Waals surface area (Å²) in [6.45, 7) is 7.99. The molecule has 118 valence electrons. The van der Waals surface area contributed by atoms with Crippen LogP contribution in [0.2, 0.25) is 0 Å². The van der Waals surface area contributed by atoms with Crippen LogP contribution in [0, 0.1) is 5.92 Å². The highest BCUT2D eigenvalue weighted by molar-refractivity contribution is 5.89. The topological polar surface area (TPSA) is 35.5 Å². The maximum Gasteiger partial charge on any atom is 0.338 e. The van der Waals surface area contributed by atoms with Crippen molar-refractivity contribution in [1.29, 1.82) is 0 Å². The fraction of sp³-hybridized carbons (Fsp3) is 0.611. The summed E-state index contributed by atoms with van der Waals surface area (Å²) in [5.74, 6) is 0.374. The largest absolute Gasteiger partial charge is 0.460 e. The number of aryl methyl sites for hydroxylation is 1. The van der Waals surface area contributed by atoms with Gasteiger partial charge in [-0.2, -0.15) is 0 Å². The van der Waals surface area contributed by atoms with Gasteiger partial charge in [0.05, 0.1) is 12.2 Å². The second-order valence-corrected chi connectivity index (χ2v) is 5.73. The van der Waals surface area contributed by atoms with E-state index in [0.717, 1.165) is 32.3 Å². The second kappa shape index (κ2) is 10.4. The summed E-state index contributed by atoms with van der Waals surface area (Å²) in [5, 5.41) is 0. The molecule has 0 aromatic heterocycles. The normalized spacial score (nSPS) is 10.9. The van der Waals surface area contributed by atoms with E-state index in [-0.39, 0.29) is 5.97 Å². The number of benzene rings is 1. The van der Waals surface area contributed by atoms with Gasteiger partial charge in [0.15, 0.2) is 0 Å². The van der Waals surface area contributed by atoms with Crippen molar-refractivity contribution >= 4 is 5.97 Å². The third kappa shape index (κ3) is 7.86. The first-order valence-corrected chi connectivity index (χ1v) is 7.97. The standard InChI is InChI=1S/C18H28O3/c1-4-5-7-16-8-6-9-17(14-16)18(19)21-13-12-20-11-10-15(2)3/h6,8-9,14-15H,4-5,7,10-13H2,1-3H3. The lowest BCUT2D eigenvalue weighted by Crippen LogP contribution is -2.12. The first-order chi connectivity index (χ1) is 10.1. The van der Waals surface area contributed by atoms with Crippen LogP contribution in [0.5, 0.6) is 0 Å². The maximum atomic E-state index is 11.9. The van der Waals surface area contributed by atoms with E-state index >= 15 is 0 Å². The molecule has 0 N–H and O–H groups in total. The predicted octanol–water partition coefficient (Wildman–Crippen LogP) is 4.25. The Morgan fingerprint density at radius 3 is 2.71 bits per heavy atom. The molecule has 1 rings (SSSR count). The van der Waals surface area contributed by atoms with Crippen LogP contribution < -0.4 is 0 Å². The first kappa shape index (κ1) is 17.7. The zero-order valence-electron chi connectivity index (χ0n) is 13.6. The summed E-state index contributed by atoms with van der Waals surface area (Å²) in [6, 6.07) is 7.71. The Morgan fingerprint density at radius 1 is 1.19 bits per heavy atom. The highest BCUT2D eigenvalue weighted by Crippen LogP contribution is 2.10. The fourth-order valence-electron chi connectivity index (χ4n) is 1.93. The number of ether oxygens (including phenoxy) is 2. The Morgan fingerprint density at radius 2 is 2.00 bits per heavy atom. The third-order valence-corrected chi connectivity index (χ3v) is 3.28. The van der Waals surface area contributed by atoms with Crippen LogP contribution in [-0.2, 0) is 15.9 Å². The minimum Gasteiger partial charge on any atom is -0.460 e. The molecule has 0 heterocycles. The van der Waals surface area contributed by atoms with Gasteiger partial charge in [0.25, 0.3) is 0 Å². The van der Waals surface area contributed by atoms with Crippen molar-refractivity contribution in [2.75, 3.05) is 19.8 Å². The van der Waals surface area contributed by atoms with Crippen molar-refractivity contribution in [3.63, 3.8) is 0 Å². The van der Waals surface area contributed by atoms with Gasteiger partial charge < -0.3 is 9.47 Å². The van der Waals surface area contributed by atoms with Gasteiger partial charge in [0.2, 0.25) is 0 Å². The first-order valence-electron chi connectivity index (χ1n) is 7.97. The van der Waals surface area contributed by atoms with E-state index < -0.39 is 0 Å². The molecule has 0 atom stereocenters. The van der Waals surface area contributed by atoms with E-state index in [4.69, 9.17) is 9.47 Å². The van der Waals surface area contributed by atoms with Crippen LogP contribution in [0.1, 0.15) is 56.0 Å². The summed E-state index contributed by atoms with van der Waals surface area (Å²) in [5.41, 5.74) is 1.82. The van der Waals surface area contributed by atoms with E-state index in [1.165, 1.54) is 5.56 Å². The molecule has 0 spiro atoms. The molecule has 0 unspecified atom stereocenters. The van der Waals surface area contributed by atoms with Crippen molar-refractivity contribution in [3.8, 4) is 0 Å². The van der Waals surface area contributed by atoms with Gasteiger partial charge in [0.1, 0.15) is 6.61 Å². The van der Waals surface area contributed by atoms with Gasteiger partial charge in [-0.05, 0) is 42.9 Å². The zero-order chi connectivity index (χ0) is 15.5. The molecule has 0 aliphatic carbocycles. The van der Waals surface area contributed by atoms with Crippen LogP contribution in [0.4, 0.5) is 0 Å². The minimum absolute atomic E-state index is 0.263. The number of carbonyl (C=O) groups is 1. The van der Waals surface area contributed by atoms with Gasteiger partial charge >= 0.3 is 5.97 Å². The van der Waals surface area contributed by atoms with Crippen LogP contribution in [0.15, 0.2) is 24.3 Å². The Kier molecular flexibility index (Phi) is 8.76. The molecule has 0 amide bonds. The molecule has 3 heteroatoms. The van der Waals surface area contributed by atoms with Gasteiger partial charge in [-0.15, -0.1) is 0 Å². The average molecular weight is 292 g/mol. The second-order valence-electron chi connectivity index (χ2n) is 5.73. The Bertz CT molecular complexity index is 413. The minimum atomic E-state index is -0.263. The smallest absolute Gasteiger partial charge is 0.338 e. The molecule has 0 fully saturated rings. The fourth-order valence-corrected chi connectivity index (χ4v) is 1.93. The molecule has 3 nitrogen and oxygen atoms in total. The molecular weight excluding hydrogens is 264 g/mol. The Labute approximate surface area is 128 Å². The van der Waals surface area contributed by atoms with Crippen molar-refractivity contribution in [1.82, 2.24) is 0 Å². The van der Waals surface area contributed by atoms with Crippen LogP contribution in [0.3, 0.4) is 0 Å². The number of rotatable bonds is 10. The van der Waals surface area contributed by atoms with E-state index in [0.29, 0.717) is 24.7 Å². The molecule has 21 heavy (non-hydrogen) atoms. The number of carbonyl (C=O) groups excluding carboxylic acids is 1. The quantitative estimate of drug-likeness (QED) is 0.478. The van der Waals surface area contributed by atoms with Crippen molar-refractivity contribution < 1.29 is 14.3 Å². The van der Waals surface area contributed by atoms with Crippen LogP contribution >= 0.6 is 0 Å². The zero-order valence-corrected chi connectivity index (χ0v) is 13.6. The average Bonchev–Trinajstić information content (AvgIpc) is 2.48. The van der Waals surface area contributed by atoms with Gasteiger partial charge in [-0.25, -0.2) is 4.79 Å². The molecule has 1 aromatic rings. The number of hydrogen-bond donors (Lipinski definition) is 0. The highest BCUT2D eigenvalue weighted by atomic mass is 16.6. The van der Waals surface area contributed by atoms with Crippen molar-refractivity contribution in [2.24, 2.45) is 5.92 Å². The monoisotopic (exact) mass is 292 g/mol. The van der Waals surface area contributed by atoms with Gasteiger partial charge in [-0.1, -0.05) is 39.3 Å². The maximum absolute atomic E-state index is 11.9. The molecule has 0 saturated heterocycles. The molecule has 1 aromatic carbocycles. The lowest BCUT2D eigenvalue weighted by atomic mass is 10.1. The SMILES string of the molecule is CCCCc1cccc(C(=O)OCCOCCC(C)C)c1. The van der Waals surface area contributed by atoms with E-state index in [2.05, 4.69) is 26.8 Å². The Balaban J connectivity index is 2.28. The van der Waals surface area contributed by atoms with Crippen molar-refractivity contribution in [2.45, 2.75) is 46.5 Å². The molecule has 0 bridgehead atoms. The molecule has 0 aliphatic heterocycles. The van der Waals surface area contributed by atoms with Crippen molar-refractivity contribution in [3.05, 3.63) is 35.4 Å². The van der Waals surface area contributed by atoms with E-state index in [9.17, 15) is 4.79 Å². The molecular formula is C18H28O3. The summed E-state index contributed by atoms with van der Waals surface area (Å²) in [6.07, 6.45) is 4.34. The van der Waals surface area contributed by atoms with Gasteiger partial charge in [-0.3, -0.25) is 0 Å². The highest BCUT2D eigenvalue weighted by Gasteiger charge is 2.07. The van der Waals surface area contributed by atoms with Crippen LogP contribution in [-0.4, -0.2) is 25.8 Å². The Hall–Kier alpha value is -1.35.